The summed E-state index contributed by atoms with van der Waals surface area (Å²) in [4.78, 5) is 0. The van der Waals surface area contributed by atoms with Crippen molar-refractivity contribution in [1.29, 1.82) is 0 Å². The first-order valence-electron chi connectivity index (χ1n) is 5.18. The van der Waals surface area contributed by atoms with Crippen LogP contribution in [0.1, 0.15) is 27.7 Å². The SMILES string of the molecule is CC(C)([S-])CNCCNCC(C)(C)[S-].[O]=[99Tc+2]. The molecule has 0 saturated heterocycles. The van der Waals surface area contributed by atoms with Gasteiger partial charge in [-0.2, -0.15) is 0 Å². The Hall–Kier alpha value is 1.07. The van der Waals surface area contributed by atoms with Gasteiger partial charge in [0.2, 0.25) is 0 Å². The summed E-state index contributed by atoms with van der Waals surface area (Å²) in [7, 11) is 0. The number of hydrogen-bond donors (Lipinski definition) is 2. The quantitative estimate of drug-likeness (QED) is 0.523. The van der Waals surface area contributed by atoms with Gasteiger partial charge in [-0.1, -0.05) is 27.7 Å². The van der Waals surface area contributed by atoms with Gasteiger partial charge in [0, 0.05) is 13.1 Å². The van der Waals surface area contributed by atoms with Gasteiger partial charge in [0.25, 0.3) is 0 Å². The molecule has 0 aromatic rings. The maximum atomic E-state index is 8.22. The van der Waals surface area contributed by atoms with Gasteiger partial charge >= 0.3 is 22.4 Å². The van der Waals surface area contributed by atoms with E-state index in [1.807, 2.05) is 0 Å². The van der Waals surface area contributed by atoms with E-state index in [1.165, 1.54) is 0 Å². The summed E-state index contributed by atoms with van der Waals surface area (Å²) in [6.07, 6.45) is 0. The van der Waals surface area contributed by atoms with E-state index < -0.39 is 0 Å². The zero-order valence-corrected chi connectivity index (χ0v) is 13.9. The molecule has 16 heavy (non-hydrogen) atoms. The maximum absolute atomic E-state index is 8.22. The molecule has 0 atom stereocenters. The van der Waals surface area contributed by atoms with Crippen molar-refractivity contribution in [2.24, 2.45) is 0 Å². The van der Waals surface area contributed by atoms with E-state index in [2.05, 4.69) is 38.3 Å². The van der Waals surface area contributed by atoms with Crippen molar-refractivity contribution in [3.63, 3.8) is 0 Å². The van der Waals surface area contributed by atoms with Crippen LogP contribution in [0.3, 0.4) is 0 Å². The first-order chi connectivity index (χ1) is 7.21. The van der Waals surface area contributed by atoms with Crippen LogP contribution < -0.4 is 10.6 Å². The van der Waals surface area contributed by atoms with Crippen molar-refractivity contribution >= 4 is 25.3 Å². The fourth-order valence-electron chi connectivity index (χ4n) is 0.956. The Morgan fingerprint density at radius 1 is 0.875 bits per heavy atom. The normalized spacial score (nSPS) is 11.8. The van der Waals surface area contributed by atoms with Crippen LogP contribution in [0.25, 0.3) is 0 Å². The Labute approximate surface area is 121 Å². The third kappa shape index (κ3) is 20.5. The van der Waals surface area contributed by atoms with Crippen LogP contribution in [0.5, 0.6) is 0 Å². The topological polar surface area (TPSA) is 41.1 Å². The molecule has 6 heteroatoms. The van der Waals surface area contributed by atoms with E-state index in [0.29, 0.717) is 0 Å². The molecule has 3 nitrogen and oxygen atoms in total. The predicted molar refractivity (Wildman–Crippen MR) is 69.3 cm³/mol. The van der Waals surface area contributed by atoms with Crippen molar-refractivity contribution in [3.05, 3.63) is 0 Å². The van der Waals surface area contributed by atoms with Crippen LogP contribution in [-0.2, 0) is 47.6 Å². The monoisotopic (exact) mass is 349 g/mol. The Kier molecular flexibility index (Phi) is 12.2. The van der Waals surface area contributed by atoms with Gasteiger partial charge in [-0.3, -0.25) is 0 Å². The fraction of sp³-hybridized carbons (Fsp3) is 1.00. The van der Waals surface area contributed by atoms with Crippen molar-refractivity contribution in [1.82, 2.24) is 10.6 Å². The van der Waals surface area contributed by atoms with Gasteiger partial charge in [-0.25, -0.2) is 0 Å². The van der Waals surface area contributed by atoms with E-state index in [-0.39, 0.29) is 9.49 Å². The molecule has 0 spiro atoms. The van der Waals surface area contributed by atoms with Gasteiger partial charge in [-0.05, 0) is 13.1 Å². The van der Waals surface area contributed by atoms with Crippen molar-refractivity contribution in [2.75, 3.05) is 26.2 Å². The molecule has 2 N–H and O–H groups in total. The molecule has 0 aromatic carbocycles. The van der Waals surface area contributed by atoms with Gasteiger partial charge in [0.1, 0.15) is 0 Å². The second-order valence-electron chi connectivity index (χ2n) is 4.87. The first kappa shape index (κ1) is 19.4. The van der Waals surface area contributed by atoms with E-state index >= 15 is 0 Å². The Bertz CT molecular complexity index is 151. The molecule has 0 amide bonds. The van der Waals surface area contributed by atoms with E-state index in [4.69, 9.17) is 28.8 Å². The van der Waals surface area contributed by atoms with Gasteiger partial charge in [0.05, 0.1) is 0 Å². The first-order valence-corrected chi connectivity index (χ1v) is 6.76. The average Bonchev–Trinajstić information content (AvgIpc) is 2.11. The molecule has 0 heterocycles. The Morgan fingerprint density at radius 3 is 1.31 bits per heavy atom. The zero-order chi connectivity index (χ0) is 13.2. The van der Waals surface area contributed by atoms with Crippen molar-refractivity contribution in [2.45, 2.75) is 37.2 Å². The summed E-state index contributed by atoms with van der Waals surface area (Å²) in [5, 5.41) is 6.62. The van der Waals surface area contributed by atoms with Crippen molar-refractivity contribution in [3.8, 4) is 0 Å². The summed E-state index contributed by atoms with van der Waals surface area (Å²) in [5.41, 5.74) is 0. The second-order valence-corrected chi connectivity index (χ2v) is 7.08. The number of hydrogen-bond acceptors (Lipinski definition) is 5. The minimum atomic E-state index is -0.0444. The molecule has 0 radical (unpaired) electrons. The molecular formula is C10H22N2OS2Tc. The van der Waals surface area contributed by atoms with Crippen LogP contribution in [-0.4, -0.2) is 35.7 Å². The number of nitrogens with one attached hydrogen (secondary N) is 2. The van der Waals surface area contributed by atoms with E-state index in [0.717, 1.165) is 45.0 Å². The van der Waals surface area contributed by atoms with Gasteiger partial charge in [-0.15, -0.1) is 9.49 Å². The third-order valence-electron chi connectivity index (χ3n) is 1.58. The third-order valence-corrected chi connectivity index (χ3v) is 1.87. The Morgan fingerprint density at radius 2 is 1.12 bits per heavy atom. The van der Waals surface area contributed by atoms with Crippen LogP contribution in [0.2, 0.25) is 0 Å². The van der Waals surface area contributed by atoms with Crippen LogP contribution in [0.4, 0.5) is 0 Å². The van der Waals surface area contributed by atoms with Crippen LogP contribution in [0.15, 0.2) is 0 Å². The summed E-state index contributed by atoms with van der Waals surface area (Å²) in [6.45, 7) is 11.9. The van der Waals surface area contributed by atoms with Crippen molar-refractivity contribution < 1.29 is 22.4 Å². The zero-order valence-electron chi connectivity index (χ0n) is 10.4. The minimum absolute atomic E-state index is 0.0444. The standard InChI is InChI=1S/C10H24N2S2.O.Tc/c1-9(2,13)7-11-5-6-12-8-10(3,4)14;;/h11-14H,5-8H2,1-4H3;;/q;;+2/p-2/i;;1+1. The summed E-state index contributed by atoms with van der Waals surface area (Å²) >= 11 is 11.3. The molecule has 0 bridgehead atoms. The Balaban J connectivity index is 0. The summed E-state index contributed by atoms with van der Waals surface area (Å²) < 4.78 is 8.13. The fourth-order valence-corrected chi connectivity index (χ4v) is 1.16. The number of rotatable bonds is 7. The molecule has 0 aliphatic rings. The molecule has 0 unspecified atom stereocenters. The molecule has 0 aromatic heterocycles. The van der Waals surface area contributed by atoms with Crippen LogP contribution in [0, 0.1) is 0 Å². The molecule has 0 fully saturated rings. The summed E-state index contributed by atoms with van der Waals surface area (Å²) in [6, 6.07) is 0. The molecule has 0 aliphatic carbocycles. The molecule has 0 rings (SSSR count). The average molecular weight is 349 g/mol. The van der Waals surface area contributed by atoms with Gasteiger partial charge < -0.3 is 35.9 Å². The molecular weight excluding hydrogens is 327 g/mol. The van der Waals surface area contributed by atoms with Crippen LogP contribution >= 0.6 is 0 Å². The predicted octanol–water partition coefficient (Wildman–Crippen LogP) is 0.695. The van der Waals surface area contributed by atoms with E-state index in [9.17, 15) is 0 Å². The molecule has 0 saturated carbocycles. The van der Waals surface area contributed by atoms with Gasteiger partial charge in [0.15, 0.2) is 0 Å². The summed E-state index contributed by atoms with van der Waals surface area (Å²) in [5.74, 6) is 0. The van der Waals surface area contributed by atoms with E-state index in [1.54, 1.807) is 0 Å². The molecule has 0 aliphatic heterocycles. The second kappa shape index (κ2) is 10.0. The molecule has 97 valence electrons.